The number of carbonyl (C=O) groups is 1. The molecule has 37 heavy (non-hydrogen) atoms. The predicted octanol–water partition coefficient (Wildman–Crippen LogP) is 4.48. The van der Waals surface area contributed by atoms with E-state index in [1.807, 2.05) is 20.9 Å². The van der Waals surface area contributed by atoms with Gasteiger partial charge < -0.3 is 14.6 Å². The molecule has 1 aromatic heterocycles. The number of hydrogen-bond acceptors (Lipinski definition) is 9. The molecule has 2 aromatic carbocycles. The molecule has 10 heteroatoms. The van der Waals surface area contributed by atoms with Gasteiger partial charge >= 0.3 is 5.97 Å². The molecule has 4 rings (SSSR count). The summed E-state index contributed by atoms with van der Waals surface area (Å²) in [4.78, 5) is 30.6. The summed E-state index contributed by atoms with van der Waals surface area (Å²) in [5.74, 6) is -0.543. The zero-order valence-corrected chi connectivity index (χ0v) is 21.4. The molecule has 0 amide bonds. The van der Waals surface area contributed by atoms with Crippen molar-refractivity contribution in [2.75, 3.05) is 14.2 Å². The van der Waals surface area contributed by atoms with E-state index in [-0.39, 0.29) is 11.6 Å². The van der Waals surface area contributed by atoms with Crippen molar-refractivity contribution in [3.05, 3.63) is 104 Å². The van der Waals surface area contributed by atoms with Crippen LogP contribution in [0.1, 0.15) is 48.2 Å². The van der Waals surface area contributed by atoms with Crippen LogP contribution in [-0.4, -0.2) is 40.1 Å². The van der Waals surface area contributed by atoms with Crippen molar-refractivity contribution in [1.82, 2.24) is 20.4 Å². The summed E-state index contributed by atoms with van der Waals surface area (Å²) >= 11 is 0. The molecule has 0 fully saturated rings. The van der Waals surface area contributed by atoms with Crippen LogP contribution in [0.3, 0.4) is 0 Å². The Hall–Kier alpha value is -4.31. The minimum Gasteiger partial charge on any atom is -0.466 e. The van der Waals surface area contributed by atoms with Gasteiger partial charge in [0, 0.05) is 35.6 Å². The molecule has 0 aliphatic carbocycles. The van der Waals surface area contributed by atoms with Gasteiger partial charge in [-0.3, -0.25) is 15.0 Å². The van der Waals surface area contributed by atoms with Crippen LogP contribution < -0.4 is 5.32 Å². The third-order valence-corrected chi connectivity index (χ3v) is 6.26. The first-order valence-electron chi connectivity index (χ1n) is 11.8. The van der Waals surface area contributed by atoms with Crippen molar-refractivity contribution in [1.29, 1.82) is 0 Å². The molecule has 1 aliphatic heterocycles. The zero-order valence-electron chi connectivity index (χ0n) is 21.4. The van der Waals surface area contributed by atoms with Crippen LogP contribution in [0.4, 0.5) is 5.69 Å². The van der Waals surface area contributed by atoms with E-state index in [4.69, 9.17) is 9.26 Å². The van der Waals surface area contributed by atoms with Gasteiger partial charge in [0.25, 0.3) is 11.6 Å². The second-order valence-electron chi connectivity index (χ2n) is 9.15. The average molecular weight is 504 g/mol. The number of dihydropyridines is 1. The topological polar surface area (TPSA) is 124 Å². The third-order valence-electron chi connectivity index (χ3n) is 6.26. The second kappa shape index (κ2) is 10.8. The first-order chi connectivity index (χ1) is 17.7. The smallest absolute Gasteiger partial charge is 0.336 e. The van der Waals surface area contributed by atoms with Crippen molar-refractivity contribution in [2.45, 2.75) is 39.8 Å². The van der Waals surface area contributed by atoms with Gasteiger partial charge in [0.05, 0.1) is 30.1 Å². The highest BCUT2D eigenvalue weighted by Gasteiger charge is 2.37. The molecule has 2 heterocycles. The normalized spacial score (nSPS) is 15.7. The monoisotopic (exact) mass is 503 g/mol. The number of nitro benzene ring substituents is 1. The number of esters is 1. The Balaban J connectivity index is 1.68. The number of benzene rings is 2. The summed E-state index contributed by atoms with van der Waals surface area (Å²) in [5.41, 5.74) is 4.99. The Bertz CT molecular complexity index is 1390. The van der Waals surface area contributed by atoms with Gasteiger partial charge in [-0.05, 0) is 38.9 Å². The summed E-state index contributed by atoms with van der Waals surface area (Å²) in [7, 11) is 3.27. The van der Waals surface area contributed by atoms with Crippen LogP contribution in [0.15, 0.2) is 70.0 Å². The lowest BCUT2D eigenvalue weighted by molar-refractivity contribution is -0.384. The predicted molar refractivity (Wildman–Crippen MR) is 137 cm³/mol. The molecule has 1 aliphatic rings. The van der Waals surface area contributed by atoms with Crippen LogP contribution in [-0.2, 0) is 22.6 Å². The van der Waals surface area contributed by atoms with Gasteiger partial charge in [-0.15, -0.1) is 0 Å². The maximum Gasteiger partial charge on any atom is 0.336 e. The van der Waals surface area contributed by atoms with Crippen molar-refractivity contribution in [3.8, 4) is 0 Å². The number of carbonyl (C=O) groups excluding carboxylic acids is 1. The maximum absolute atomic E-state index is 12.9. The van der Waals surface area contributed by atoms with Gasteiger partial charge in [-0.1, -0.05) is 47.1 Å². The van der Waals surface area contributed by atoms with E-state index < -0.39 is 16.8 Å². The Morgan fingerprint density at radius 1 is 1.14 bits per heavy atom. The lowest BCUT2D eigenvalue weighted by Crippen LogP contribution is -2.28. The molecule has 0 saturated heterocycles. The Morgan fingerprint density at radius 2 is 1.86 bits per heavy atom. The molecule has 1 N–H and O–H groups in total. The first-order valence-corrected chi connectivity index (χ1v) is 11.8. The number of nitrogens with one attached hydrogen (secondary N) is 1. The van der Waals surface area contributed by atoms with E-state index in [9.17, 15) is 14.9 Å². The number of nitro groups is 1. The number of rotatable bonds is 8. The van der Waals surface area contributed by atoms with Crippen molar-refractivity contribution in [3.63, 3.8) is 0 Å². The fourth-order valence-corrected chi connectivity index (χ4v) is 4.54. The summed E-state index contributed by atoms with van der Waals surface area (Å²) in [5, 5.41) is 18.9. The average Bonchev–Trinajstić information content (AvgIpc) is 3.32. The molecule has 0 saturated carbocycles. The van der Waals surface area contributed by atoms with E-state index in [1.54, 1.807) is 19.1 Å². The first kappa shape index (κ1) is 25.8. The van der Waals surface area contributed by atoms with E-state index in [0.717, 1.165) is 0 Å². The van der Waals surface area contributed by atoms with Crippen LogP contribution >= 0.6 is 0 Å². The van der Waals surface area contributed by atoms with Gasteiger partial charge in [0.2, 0.25) is 0 Å². The number of aryl methyl sites for hydroxylation is 1. The number of non-ortho nitro benzene ring substituents is 1. The van der Waals surface area contributed by atoms with Gasteiger partial charge in [0.15, 0.2) is 5.82 Å². The van der Waals surface area contributed by atoms with Crippen molar-refractivity contribution < 1.29 is 19.0 Å². The minimum atomic E-state index is -0.702. The van der Waals surface area contributed by atoms with Gasteiger partial charge in [-0.2, -0.15) is 4.98 Å². The largest absolute Gasteiger partial charge is 0.466 e. The molecule has 3 aromatic rings. The summed E-state index contributed by atoms with van der Waals surface area (Å²) < 4.78 is 10.7. The molecular weight excluding hydrogens is 474 g/mol. The lowest BCUT2D eigenvalue weighted by Gasteiger charge is -2.29. The summed E-state index contributed by atoms with van der Waals surface area (Å²) in [6.07, 6.45) is 0. The highest BCUT2D eigenvalue weighted by Crippen LogP contribution is 2.43. The number of methoxy groups -OCH3 is 1. The number of aromatic nitrogens is 2. The number of hydrogen-bond donors (Lipinski definition) is 1. The van der Waals surface area contributed by atoms with Crippen molar-refractivity contribution >= 4 is 17.2 Å². The Kier molecular flexibility index (Phi) is 7.49. The summed E-state index contributed by atoms with van der Waals surface area (Å²) in [6, 6.07) is 14.5. The molecule has 0 radical (unpaired) electrons. The molecule has 0 bridgehead atoms. The van der Waals surface area contributed by atoms with Crippen molar-refractivity contribution in [2.24, 2.45) is 0 Å². The number of allylic oxidation sites excluding steroid dienone is 3. The molecule has 1 unspecified atom stereocenters. The van der Waals surface area contributed by atoms with E-state index >= 15 is 0 Å². The Morgan fingerprint density at radius 3 is 2.54 bits per heavy atom. The quantitative estimate of drug-likeness (QED) is 0.269. The van der Waals surface area contributed by atoms with Crippen LogP contribution in [0.2, 0.25) is 0 Å². The third kappa shape index (κ3) is 5.59. The second-order valence-corrected chi connectivity index (χ2v) is 9.15. The number of ether oxygens (including phenoxy) is 1. The van der Waals surface area contributed by atoms with E-state index in [0.29, 0.717) is 47.0 Å². The van der Waals surface area contributed by atoms with E-state index in [2.05, 4.69) is 44.6 Å². The van der Waals surface area contributed by atoms with Gasteiger partial charge in [-0.25, -0.2) is 4.79 Å². The standard InChI is InChI=1S/C27H29N5O5/c1-16-9-11-19(12-10-16)14-31(4)15-22-29-26(37-30-22)23-17(2)28-18(3)24(27(33)36-5)25(23)20-7-6-8-21(13-20)32(34)35/h6-13,25,28H,14-15H2,1-5H3. The molecular formula is C27H29N5O5. The maximum atomic E-state index is 12.9. The molecule has 10 nitrogen and oxygen atoms in total. The molecule has 1 atom stereocenters. The Labute approximate surface area is 214 Å². The molecule has 192 valence electrons. The lowest BCUT2D eigenvalue weighted by atomic mass is 9.80. The summed E-state index contributed by atoms with van der Waals surface area (Å²) in [6.45, 7) is 6.80. The fourth-order valence-electron chi connectivity index (χ4n) is 4.54. The zero-order chi connectivity index (χ0) is 26.7. The van der Waals surface area contributed by atoms with Crippen LogP contribution in [0.25, 0.3) is 5.57 Å². The molecule has 0 spiro atoms. The highest BCUT2D eigenvalue weighted by atomic mass is 16.6. The number of nitrogens with zero attached hydrogens (tertiary/aromatic N) is 4. The van der Waals surface area contributed by atoms with Crippen LogP contribution in [0.5, 0.6) is 0 Å². The van der Waals surface area contributed by atoms with Gasteiger partial charge in [0.1, 0.15) is 0 Å². The minimum absolute atomic E-state index is 0.0844. The van der Waals surface area contributed by atoms with E-state index in [1.165, 1.54) is 30.4 Å². The fraction of sp³-hybridized carbons (Fsp3) is 0.296. The highest BCUT2D eigenvalue weighted by molar-refractivity contribution is 5.96. The SMILES string of the molecule is COC(=O)C1=C(C)NC(C)=C(c2nc(CN(C)Cc3ccc(C)cc3)no2)C1c1cccc([N+](=O)[O-])c1. The van der Waals surface area contributed by atoms with Crippen LogP contribution in [0, 0.1) is 17.0 Å².